The zero-order valence-corrected chi connectivity index (χ0v) is 11.1. The van der Waals surface area contributed by atoms with Crippen LogP contribution in [0.2, 0.25) is 0 Å². The fraction of sp³-hybridized carbons (Fsp3) is 0.214. The SMILES string of the molecule is COC(=O)c1cnc(Nc2cc(C)cc(C)c2)cn1. The number of benzene rings is 1. The summed E-state index contributed by atoms with van der Waals surface area (Å²) in [5.74, 6) is 0.0862. The van der Waals surface area contributed by atoms with Crippen molar-refractivity contribution in [2.24, 2.45) is 0 Å². The van der Waals surface area contributed by atoms with Gasteiger partial charge < -0.3 is 10.1 Å². The molecule has 5 nitrogen and oxygen atoms in total. The van der Waals surface area contributed by atoms with Crippen LogP contribution in [0.5, 0.6) is 0 Å². The van der Waals surface area contributed by atoms with Crippen molar-refractivity contribution in [3.05, 3.63) is 47.4 Å². The Morgan fingerprint density at radius 2 is 1.79 bits per heavy atom. The average Bonchev–Trinajstić information content (AvgIpc) is 2.37. The number of carbonyl (C=O) groups excluding carboxylic acids is 1. The second kappa shape index (κ2) is 5.48. The molecule has 0 aliphatic heterocycles. The molecule has 1 aromatic heterocycles. The smallest absolute Gasteiger partial charge is 0.358 e. The van der Waals surface area contributed by atoms with Crippen molar-refractivity contribution in [2.75, 3.05) is 12.4 Å². The van der Waals surface area contributed by atoms with Crippen LogP contribution in [0.25, 0.3) is 0 Å². The van der Waals surface area contributed by atoms with E-state index in [-0.39, 0.29) is 5.69 Å². The van der Waals surface area contributed by atoms with Gasteiger partial charge in [-0.05, 0) is 37.1 Å². The molecule has 2 rings (SSSR count). The van der Waals surface area contributed by atoms with Gasteiger partial charge in [0.25, 0.3) is 0 Å². The normalized spacial score (nSPS) is 10.1. The quantitative estimate of drug-likeness (QED) is 0.856. The van der Waals surface area contributed by atoms with Gasteiger partial charge in [0.15, 0.2) is 5.69 Å². The first-order valence-electron chi connectivity index (χ1n) is 5.84. The summed E-state index contributed by atoms with van der Waals surface area (Å²) >= 11 is 0. The standard InChI is InChI=1S/C14H15N3O2/c1-9-4-10(2)6-11(5-9)17-13-8-15-12(7-16-13)14(18)19-3/h4-8H,1-3H3,(H,16,17). The lowest BCUT2D eigenvalue weighted by molar-refractivity contribution is 0.0593. The highest BCUT2D eigenvalue weighted by molar-refractivity contribution is 5.86. The number of nitrogens with zero attached hydrogens (tertiary/aromatic N) is 2. The number of esters is 1. The molecule has 0 unspecified atom stereocenters. The minimum absolute atomic E-state index is 0.188. The lowest BCUT2D eigenvalue weighted by Gasteiger charge is -2.07. The zero-order valence-electron chi connectivity index (χ0n) is 11.1. The highest BCUT2D eigenvalue weighted by atomic mass is 16.5. The number of anilines is 2. The van der Waals surface area contributed by atoms with Crippen LogP contribution in [-0.2, 0) is 4.74 Å². The monoisotopic (exact) mass is 257 g/mol. The number of hydrogen-bond donors (Lipinski definition) is 1. The minimum atomic E-state index is -0.495. The fourth-order valence-electron chi connectivity index (χ4n) is 1.80. The van der Waals surface area contributed by atoms with Crippen LogP contribution in [0.15, 0.2) is 30.6 Å². The van der Waals surface area contributed by atoms with E-state index in [0.29, 0.717) is 5.82 Å². The molecular formula is C14H15N3O2. The van der Waals surface area contributed by atoms with E-state index in [9.17, 15) is 4.79 Å². The molecule has 2 aromatic rings. The van der Waals surface area contributed by atoms with Crippen LogP contribution in [0.3, 0.4) is 0 Å². The van der Waals surface area contributed by atoms with Gasteiger partial charge in [0.1, 0.15) is 5.82 Å². The van der Waals surface area contributed by atoms with Crippen molar-refractivity contribution in [1.82, 2.24) is 9.97 Å². The molecule has 1 aromatic carbocycles. The number of ether oxygens (including phenoxy) is 1. The van der Waals surface area contributed by atoms with E-state index in [2.05, 4.69) is 26.1 Å². The van der Waals surface area contributed by atoms with Gasteiger partial charge in [-0.3, -0.25) is 0 Å². The Morgan fingerprint density at radius 1 is 1.11 bits per heavy atom. The molecule has 0 spiro atoms. The Morgan fingerprint density at radius 3 is 2.32 bits per heavy atom. The second-order valence-corrected chi connectivity index (χ2v) is 4.28. The molecule has 1 heterocycles. The van der Waals surface area contributed by atoms with Gasteiger partial charge >= 0.3 is 5.97 Å². The van der Waals surface area contributed by atoms with Gasteiger partial charge in [-0.25, -0.2) is 14.8 Å². The van der Waals surface area contributed by atoms with Gasteiger partial charge in [-0.15, -0.1) is 0 Å². The highest BCUT2D eigenvalue weighted by Crippen LogP contribution is 2.17. The maximum absolute atomic E-state index is 11.2. The molecule has 19 heavy (non-hydrogen) atoms. The summed E-state index contributed by atoms with van der Waals surface area (Å²) in [6, 6.07) is 6.13. The average molecular weight is 257 g/mol. The number of aryl methyl sites for hydroxylation is 2. The highest BCUT2D eigenvalue weighted by Gasteiger charge is 2.07. The summed E-state index contributed by atoms with van der Waals surface area (Å²) < 4.78 is 4.56. The summed E-state index contributed by atoms with van der Waals surface area (Å²) in [5.41, 5.74) is 3.47. The summed E-state index contributed by atoms with van der Waals surface area (Å²) in [6.45, 7) is 4.06. The Bertz CT molecular complexity index is 574. The van der Waals surface area contributed by atoms with Crippen LogP contribution in [0.4, 0.5) is 11.5 Å². The molecule has 0 atom stereocenters. The maximum Gasteiger partial charge on any atom is 0.358 e. The van der Waals surface area contributed by atoms with Crippen LogP contribution in [0, 0.1) is 13.8 Å². The molecule has 0 aliphatic carbocycles. The molecule has 5 heteroatoms. The fourth-order valence-corrected chi connectivity index (χ4v) is 1.80. The third-order valence-electron chi connectivity index (χ3n) is 2.54. The second-order valence-electron chi connectivity index (χ2n) is 4.28. The Balaban J connectivity index is 2.17. The van der Waals surface area contributed by atoms with Gasteiger partial charge in [0.2, 0.25) is 0 Å². The molecule has 98 valence electrons. The summed E-state index contributed by atoms with van der Waals surface area (Å²) in [4.78, 5) is 19.3. The molecule has 0 bridgehead atoms. The van der Waals surface area contributed by atoms with Crippen molar-refractivity contribution in [3.8, 4) is 0 Å². The molecule has 0 saturated carbocycles. The van der Waals surface area contributed by atoms with Crippen LogP contribution in [-0.4, -0.2) is 23.0 Å². The van der Waals surface area contributed by atoms with Crippen LogP contribution < -0.4 is 5.32 Å². The number of methoxy groups -OCH3 is 1. The lowest BCUT2D eigenvalue weighted by atomic mass is 10.1. The lowest BCUT2D eigenvalue weighted by Crippen LogP contribution is -2.05. The number of hydrogen-bond acceptors (Lipinski definition) is 5. The van der Waals surface area contributed by atoms with Crippen LogP contribution in [0.1, 0.15) is 21.6 Å². The topological polar surface area (TPSA) is 64.1 Å². The number of rotatable bonds is 3. The van der Waals surface area contributed by atoms with E-state index >= 15 is 0 Å². The van der Waals surface area contributed by atoms with E-state index in [0.717, 1.165) is 5.69 Å². The molecule has 0 amide bonds. The summed E-state index contributed by atoms with van der Waals surface area (Å²) in [5, 5.41) is 3.14. The molecule has 0 fully saturated rings. The third kappa shape index (κ3) is 3.28. The van der Waals surface area contributed by atoms with Crippen molar-refractivity contribution >= 4 is 17.5 Å². The predicted octanol–water partition coefficient (Wildman–Crippen LogP) is 2.62. The van der Waals surface area contributed by atoms with Gasteiger partial charge in [-0.1, -0.05) is 6.07 Å². The van der Waals surface area contributed by atoms with Crippen molar-refractivity contribution in [2.45, 2.75) is 13.8 Å². The Labute approximate surface area is 111 Å². The van der Waals surface area contributed by atoms with E-state index in [4.69, 9.17) is 0 Å². The Hall–Kier alpha value is -2.43. The van der Waals surface area contributed by atoms with E-state index in [1.807, 2.05) is 26.0 Å². The van der Waals surface area contributed by atoms with Gasteiger partial charge in [0.05, 0.1) is 19.5 Å². The Kier molecular flexibility index (Phi) is 3.75. The number of aromatic nitrogens is 2. The molecule has 0 aliphatic rings. The van der Waals surface area contributed by atoms with Crippen molar-refractivity contribution in [3.63, 3.8) is 0 Å². The summed E-state index contributed by atoms with van der Waals surface area (Å²) in [6.07, 6.45) is 2.89. The molecule has 0 radical (unpaired) electrons. The maximum atomic E-state index is 11.2. The molecular weight excluding hydrogens is 242 g/mol. The number of carbonyl (C=O) groups is 1. The number of nitrogens with one attached hydrogen (secondary N) is 1. The first kappa shape index (κ1) is 13.0. The first-order valence-corrected chi connectivity index (χ1v) is 5.84. The van der Waals surface area contributed by atoms with E-state index in [1.165, 1.54) is 30.6 Å². The van der Waals surface area contributed by atoms with Gasteiger partial charge in [-0.2, -0.15) is 0 Å². The van der Waals surface area contributed by atoms with Crippen molar-refractivity contribution in [1.29, 1.82) is 0 Å². The minimum Gasteiger partial charge on any atom is -0.464 e. The van der Waals surface area contributed by atoms with Crippen molar-refractivity contribution < 1.29 is 9.53 Å². The predicted molar refractivity (Wildman–Crippen MR) is 72.6 cm³/mol. The first-order chi connectivity index (χ1) is 9.08. The zero-order chi connectivity index (χ0) is 13.8. The van der Waals surface area contributed by atoms with E-state index < -0.39 is 5.97 Å². The van der Waals surface area contributed by atoms with E-state index in [1.54, 1.807) is 0 Å². The van der Waals surface area contributed by atoms with Gasteiger partial charge in [0, 0.05) is 5.69 Å². The van der Waals surface area contributed by atoms with Crippen LogP contribution >= 0.6 is 0 Å². The summed E-state index contributed by atoms with van der Waals surface area (Å²) in [7, 11) is 1.31. The molecule has 1 N–H and O–H groups in total. The molecule has 0 saturated heterocycles. The largest absolute Gasteiger partial charge is 0.464 e. The third-order valence-corrected chi connectivity index (χ3v) is 2.54.